The van der Waals surface area contributed by atoms with Crippen molar-refractivity contribution < 1.29 is 78.4 Å². The van der Waals surface area contributed by atoms with Gasteiger partial charge >= 0.3 is 11.9 Å². The molecular formula is C77H90Cl3N3O16. The molecule has 1 aliphatic rings. The number of methoxy groups -OCH3 is 3. The Balaban J connectivity index is 0.000000235. The molecule has 0 heterocycles. The number of esters is 1. The Bertz CT molecular complexity index is 3660. The largest absolute Gasteiger partial charge is 0.481 e. The fourth-order valence-corrected chi connectivity index (χ4v) is 12.6. The smallest absolute Gasteiger partial charge is 0.343 e. The maximum absolute atomic E-state index is 12.4. The van der Waals surface area contributed by atoms with Crippen LogP contribution in [0.15, 0.2) is 158 Å². The van der Waals surface area contributed by atoms with E-state index in [0.717, 1.165) is 97.5 Å². The third-order valence-electron chi connectivity index (χ3n) is 16.6. The lowest BCUT2D eigenvalue weighted by atomic mass is 9.81. The maximum atomic E-state index is 12.4. The molecule has 7 aromatic carbocycles. The highest BCUT2D eigenvalue weighted by atomic mass is 35.5. The summed E-state index contributed by atoms with van der Waals surface area (Å²) in [6.45, 7) is 5.46. The number of halogens is 3. The van der Waals surface area contributed by atoms with Gasteiger partial charge in [0.05, 0.1) is 24.2 Å². The van der Waals surface area contributed by atoms with Crippen molar-refractivity contribution in [3.8, 4) is 39.1 Å². The molecule has 0 aliphatic heterocycles. The van der Waals surface area contributed by atoms with Crippen molar-refractivity contribution in [1.29, 1.82) is 0 Å². The van der Waals surface area contributed by atoms with Crippen molar-refractivity contribution in [2.24, 2.45) is 5.92 Å². The molecule has 19 nitrogen and oxygen atoms in total. The third kappa shape index (κ3) is 27.0. The van der Waals surface area contributed by atoms with Crippen LogP contribution in [0, 0.1) is 26.7 Å². The van der Waals surface area contributed by atoms with E-state index in [4.69, 9.17) is 58.9 Å². The summed E-state index contributed by atoms with van der Waals surface area (Å²) < 4.78 is 19.8. The van der Waals surface area contributed by atoms with E-state index in [1.165, 1.54) is 27.8 Å². The van der Waals surface area contributed by atoms with Crippen LogP contribution >= 0.6 is 34.8 Å². The minimum atomic E-state index is -1.88. The van der Waals surface area contributed by atoms with Crippen molar-refractivity contribution in [3.05, 3.63) is 206 Å². The van der Waals surface area contributed by atoms with Crippen LogP contribution in [-0.2, 0) is 62.2 Å². The molecule has 0 radical (unpaired) electrons. The number of hydrogen-bond donors (Lipinski definition) is 9. The summed E-state index contributed by atoms with van der Waals surface area (Å²) in [4.78, 5) is 71.7. The molecule has 7 aromatic rings. The number of ether oxygens (including phenoxy) is 4. The molecule has 1 fully saturated rings. The Morgan fingerprint density at radius 1 is 0.455 bits per heavy atom. The molecular weight excluding hydrogens is 1330 g/mol. The van der Waals surface area contributed by atoms with Crippen LogP contribution in [0.1, 0.15) is 84.7 Å². The predicted octanol–water partition coefficient (Wildman–Crippen LogP) is 10.8. The predicted molar refractivity (Wildman–Crippen MR) is 383 cm³/mol. The Morgan fingerprint density at radius 2 is 0.818 bits per heavy atom. The van der Waals surface area contributed by atoms with Gasteiger partial charge in [0.1, 0.15) is 43.9 Å². The normalized spacial score (nSPS) is 14.6. The lowest BCUT2D eigenvalue weighted by Gasteiger charge is -2.33. The van der Waals surface area contributed by atoms with E-state index in [0.29, 0.717) is 16.5 Å². The van der Waals surface area contributed by atoms with E-state index in [9.17, 15) is 54.3 Å². The van der Waals surface area contributed by atoms with E-state index in [1.807, 2.05) is 118 Å². The van der Waals surface area contributed by atoms with Crippen molar-refractivity contribution in [3.63, 3.8) is 0 Å². The van der Waals surface area contributed by atoms with Crippen LogP contribution < -0.4 is 20.7 Å². The van der Waals surface area contributed by atoms with Crippen LogP contribution in [-0.4, -0.2) is 156 Å². The number of carbonyl (C=O) groups is 6. The number of aliphatic hydroxyl groups excluding tert-OH is 5. The second-order valence-corrected chi connectivity index (χ2v) is 26.1. The van der Waals surface area contributed by atoms with Gasteiger partial charge in [-0.25, -0.2) is 4.79 Å². The fourth-order valence-electron chi connectivity index (χ4n) is 11.7. The first-order chi connectivity index (χ1) is 47.3. The number of aliphatic hydroxyl groups is 5. The van der Waals surface area contributed by atoms with Gasteiger partial charge in [-0.2, -0.15) is 0 Å². The summed E-state index contributed by atoms with van der Waals surface area (Å²) in [6, 6.07) is 46.6. The number of aliphatic carboxylic acids is 1. The molecule has 0 bridgehead atoms. The summed E-state index contributed by atoms with van der Waals surface area (Å²) in [6.07, 6.45) is -1.34. The average molecular weight is 1420 g/mol. The number of hydrogen-bond acceptors (Lipinski definition) is 15. The SMILES string of the molecule is COCC(=O)N[C@@H](Cc1ccc(-c2cc(C)cc(Cl)c2)cc1)[C@H](O)C1CCCCC1.COCC(=O)N[C@@H](Cc1ccc(-c2cc(C)cc(Cl)c2)cc1)[C@H](O)[C@@H](O)C(=O)CCCC(=O)O.COCC(=O)N[C@@H](Cc1ccc(-c2cc(C)cc(Cl)c2)cc1)[C@H](O)[C@@H](O)C(=O)Oc1ccccc1. The molecule has 99 heavy (non-hydrogen) atoms. The van der Waals surface area contributed by atoms with Crippen molar-refractivity contribution >= 4 is 70.2 Å². The van der Waals surface area contributed by atoms with Crippen molar-refractivity contribution in [2.75, 3.05) is 41.2 Å². The molecule has 22 heteroatoms. The van der Waals surface area contributed by atoms with Gasteiger partial charge in [-0.3, -0.25) is 24.0 Å². The van der Waals surface area contributed by atoms with Crippen LogP contribution in [0.25, 0.3) is 33.4 Å². The second kappa shape index (κ2) is 41.0. The molecule has 0 aromatic heterocycles. The molecule has 0 unspecified atom stereocenters. The van der Waals surface area contributed by atoms with Crippen LogP contribution in [0.3, 0.4) is 0 Å². The number of aryl methyl sites for hydroxylation is 3. The van der Waals surface area contributed by atoms with Crippen molar-refractivity contribution in [2.45, 2.75) is 140 Å². The molecule has 530 valence electrons. The molecule has 3 amide bonds. The highest BCUT2D eigenvalue weighted by Gasteiger charge is 2.36. The Morgan fingerprint density at radius 3 is 1.18 bits per heavy atom. The molecule has 1 saturated carbocycles. The minimum Gasteiger partial charge on any atom is -0.481 e. The zero-order valence-electron chi connectivity index (χ0n) is 56.5. The highest BCUT2D eigenvalue weighted by Crippen LogP contribution is 2.32. The van der Waals surface area contributed by atoms with Gasteiger partial charge in [0.25, 0.3) is 0 Å². The number of nitrogens with one attached hydrogen (secondary N) is 3. The lowest BCUT2D eigenvalue weighted by molar-refractivity contribution is -0.152. The number of para-hydroxylation sites is 1. The maximum Gasteiger partial charge on any atom is 0.343 e. The number of rotatable bonds is 31. The fraction of sp³-hybridized carbons (Fsp3) is 0.377. The molecule has 1 aliphatic carbocycles. The standard InChI is InChI=1S/C27H28ClNO6.C25H30ClNO7.C25H32ClNO3/c1-17-12-20(15-21(28)13-17)19-10-8-18(9-11-19)14-23(29-24(30)16-34-2)25(31)26(32)27(33)35-22-6-4-3-5-7-22;1-15-10-18(13-19(26)11-15)17-8-6-16(7-9-17)12-20(27-22(29)14-34-2)24(32)25(33)21(28)4-3-5-23(30)31;1-17-12-21(15-22(26)13-17)19-10-8-18(9-11-19)14-23(27-24(28)16-30-2)25(29)20-6-4-3-5-7-20/h3-13,15,23,25-26,31-32H,14,16H2,1-2H3,(H,29,30);6-11,13,20,24-25,32-33H,3-5,12,14H2,1-2H3,(H,27,29)(H,30,31);8-13,15,20,23,25,29H,3-7,14,16H2,1-2H3,(H,27,28)/t23-,25-,26+;20-,24-,25-;23-,25+/m000/s1. The summed E-state index contributed by atoms with van der Waals surface area (Å²) in [5.74, 6) is -3.50. The van der Waals surface area contributed by atoms with Gasteiger partial charge in [0.15, 0.2) is 11.9 Å². The van der Waals surface area contributed by atoms with Gasteiger partial charge < -0.3 is 65.5 Å². The zero-order chi connectivity index (χ0) is 72.1. The van der Waals surface area contributed by atoms with Crippen LogP contribution in [0.5, 0.6) is 5.75 Å². The number of benzene rings is 7. The second-order valence-electron chi connectivity index (χ2n) is 24.8. The molecule has 9 N–H and O–H groups in total. The van der Waals surface area contributed by atoms with Gasteiger partial charge in [-0.1, -0.05) is 163 Å². The Labute approximate surface area is 593 Å². The zero-order valence-corrected chi connectivity index (χ0v) is 58.8. The average Bonchev–Trinajstić information content (AvgIpc) is 0.862. The minimum absolute atomic E-state index is 0.000935. The number of carboxylic acids is 1. The van der Waals surface area contributed by atoms with E-state index >= 15 is 0 Å². The first-order valence-electron chi connectivity index (χ1n) is 32.7. The van der Waals surface area contributed by atoms with Gasteiger partial charge in [0, 0.05) is 49.2 Å². The third-order valence-corrected chi connectivity index (χ3v) is 17.2. The molecule has 0 saturated heterocycles. The summed E-state index contributed by atoms with van der Waals surface area (Å²) in [7, 11) is 4.22. The highest BCUT2D eigenvalue weighted by molar-refractivity contribution is 6.31. The van der Waals surface area contributed by atoms with Gasteiger partial charge in [-0.05, 0) is 181 Å². The van der Waals surface area contributed by atoms with Crippen LogP contribution in [0.2, 0.25) is 15.1 Å². The first-order valence-corrected chi connectivity index (χ1v) is 33.8. The number of Topliss-reactive ketones (excluding diaryl/α,β-unsaturated/α-hetero) is 1. The van der Waals surface area contributed by atoms with E-state index < -0.39 is 72.1 Å². The number of ketones is 1. The quantitative estimate of drug-likeness (QED) is 0.0144. The van der Waals surface area contributed by atoms with Crippen molar-refractivity contribution in [1.82, 2.24) is 16.0 Å². The monoisotopic (exact) mass is 1420 g/mol. The summed E-state index contributed by atoms with van der Waals surface area (Å²) in [5.41, 5.74) is 11.8. The summed E-state index contributed by atoms with van der Waals surface area (Å²) >= 11 is 18.5. The van der Waals surface area contributed by atoms with E-state index in [2.05, 4.69) is 46.3 Å². The Hall–Kier alpha value is -7.89. The molecule has 8 rings (SSSR count). The van der Waals surface area contributed by atoms with Gasteiger partial charge in [-0.15, -0.1) is 0 Å². The Kier molecular flexibility index (Phi) is 33.2. The first kappa shape index (κ1) is 80.1. The van der Waals surface area contributed by atoms with Gasteiger partial charge in [0.2, 0.25) is 17.7 Å². The van der Waals surface area contributed by atoms with Crippen LogP contribution in [0.4, 0.5) is 0 Å². The molecule has 0 spiro atoms. The van der Waals surface area contributed by atoms with E-state index in [-0.39, 0.29) is 75.5 Å². The topological polar surface area (TPSA) is 297 Å². The number of carbonyl (C=O) groups excluding carboxylic acids is 5. The lowest BCUT2D eigenvalue weighted by Crippen LogP contribution is -2.53. The van der Waals surface area contributed by atoms with E-state index in [1.54, 1.807) is 30.3 Å². The molecule has 8 atom stereocenters. The summed E-state index contributed by atoms with van der Waals surface area (Å²) in [5, 5.41) is 72.2. The number of carboxylic acid groups (broad SMARTS) is 1. The number of amides is 3.